The molecule has 1 aromatic carbocycles. The van der Waals surface area contributed by atoms with Crippen LogP contribution in [-0.2, 0) is 4.74 Å². The van der Waals surface area contributed by atoms with Gasteiger partial charge < -0.3 is 10.1 Å². The van der Waals surface area contributed by atoms with Crippen LogP contribution in [-0.4, -0.2) is 18.2 Å². The minimum Gasteiger partial charge on any atom is -0.444 e. The molecule has 20 heavy (non-hydrogen) atoms. The summed E-state index contributed by atoms with van der Waals surface area (Å²) >= 11 is 17.7. The Labute approximate surface area is 133 Å². The summed E-state index contributed by atoms with van der Waals surface area (Å²) < 4.78 is 5.07. The van der Waals surface area contributed by atoms with Gasteiger partial charge in [0.05, 0.1) is 16.6 Å². The minimum atomic E-state index is -0.540. The molecule has 0 spiro atoms. The number of hydrogen-bond acceptors (Lipinski definition) is 2. The maximum atomic E-state index is 11.4. The van der Waals surface area contributed by atoms with Gasteiger partial charge in [-0.25, -0.2) is 4.79 Å². The summed E-state index contributed by atoms with van der Waals surface area (Å²) in [4.78, 5) is 11.4. The molecule has 0 bridgehead atoms. The third-order valence-corrected chi connectivity index (χ3v) is 2.96. The van der Waals surface area contributed by atoms with E-state index in [0.29, 0.717) is 20.6 Å². The zero-order valence-corrected chi connectivity index (χ0v) is 13.6. The summed E-state index contributed by atoms with van der Waals surface area (Å²) in [5, 5.41) is 3.63. The fourth-order valence-corrected chi connectivity index (χ4v) is 1.87. The van der Waals surface area contributed by atoms with Crippen LogP contribution in [0.4, 0.5) is 4.79 Å². The van der Waals surface area contributed by atoms with Crippen molar-refractivity contribution in [3.05, 3.63) is 32.8 Å². The highest BCUT2D eigenvalue weighted by Gasteiger charge is 2.15. The lowest BCUT2D eigenvalue weighted by atomic mass is 10.2. The van der Waals surface area contributed by atoms with Gasteiger partial charge in [-0.05, 0) is 32.9 Å². The highest BCUT2D eigenvalue weighted by atomic mass is 35.5. The van der Waals surface area contributed by atoms with E-state index in [9.17, 15) is 4.79 Å². The number of hydrogen-bond donors (Lipinski definition) is 1. The van der Waals surface area contributed by atoms with Gasteiger partial charge in [0.15, 0.2) is 0 Å². The van der Waals surface area contributed by atoms with Crippen molar-refractivity contribution in [2.75, 3.05) is 6.54 Å². The van der Waals surface area contributed by atoms with Crippen molar-refractivity contribution >= 4 is 40.9 Å². The molecule has 0 aliphatic rings. The zero-order valence-electron chi connectivity index (χ0n) is 11.3. The Kier molecular flexibility index (Phi) is 6.01. The van der Waals surface area contributed by atoms with Gasteiger partial charge in [-0.2, -0.15) is 0 Å². The van der Waals surface area contributed by atoms with E-state index in [2.05, 4.69) is 17.2 Å². The number of halogens is 3. The van der Waals surface area contributed by atoms with Gasteiger partial charge in [0.1, 0.15) is 5.60 Å². The van der Waals surface area contributed by atoms with Crippen molar-refractivity contribution in [2.24, 2.45) is 0 Å². The highest BCUT2D eigenvalue weighted by Crippen LogP contribution is 2.29. The van der Waals surface area contributed by atoms with Crippen molar-refractivity contribution in [1.29, 1.82) is 0 Å². The SMILES string of the molecule is CC(C)(C)OC(=O)NCC#Cc1cc(Cl)cc(Cl)c1Cl. The van der Waals surface area contributed by atoms with Crippen molar-refractivity contribution in [3.63, 3.8) is 0 Å². The average molecular weight is 335 g/mol. The normalized spacial score (nSPS) is 10.5. The minimum absolute atomic E-state index is 0.134. The molecule has 6 heteroatoms. The van der Waals surface area contributed by atoms with Crippen LogP contribution in [0.1, 0.15) is 26.3 Å². The Morgan fingerprint density at radius 3 is 2.55 bits per heavy atom. The lowest BCUT2D eigenvalue weighted by Crippen LogP contribution is -2.32. The zero-order chi connectivity index (χ0) is 15.3. The third kappa shape index (κ3) is 5.92. The molecule has 0 heterocycles. The molecule has 1 amide bonds. The Bertz CT molecular complexity index is 568. The van der Waals surface area contributed by atoms with E-state index < -0.39 is 11.7 Å². The van der Waals surface area contributed by atoms with Crippen LogP contribution >= 0.6 is 34.8 Å². The summed E-state index contributed by atoms with van der Waals surface area (Å²) in [5.74, 6) is 5.54. The first-order chi connectivity index (χ1) is 9.19. The summed E-state index contributed by atoms with van der Waals surface area (Å²) in [5.41, 5.74) is -0.0310. The Morgan fingerprint density at radius 2 is 1.95 bits per heavy atom. The van der Waals surface area contributed by atoms with Crippen LogP contribution in [0.15, 0.2) is 12.1 Å². The van der Waals surface area contributed by atoms with Gasteiger partial charge in [-0.3, -0.25) is 0 Å². The predicted octanol–water partition coefficient (Wildman–Crippen LogP) is 4.52. The maximum Gasteiger partial charge on any atom is 0.408 e. The third-order valence-electron chi connectivity index (χ3n) is 1.94. The number of alkyl carbamates (subject to hydrolysis) is 1. The molecule has 1 aromatic rings. The molecule has 0 atom stereocenters. The van der Waals surface area contributed by atoms with Crippen LogP contribution in [0.3, 0.4) is 0 Å². The molecule has 0 unspecified atom stereocenters. The van der Waals surface area contributed by atoms with Crippen molar-refractivity contribution < 1.29 is 9.53 Å². The number of carbonyl (C=O) groups excluding carboxylic acids is 1. The topological polar surface area (TPSA) is 38.3 Å². The summed E-state index contributed by atoms with van der Waals surface area (Å²) in [6, 6.07) is 3.14. The fourth-order valence-electron chi connectivity index (χ4n) is 1.22. The molecule has 0 fully saturated rings. The Hall–Kier alpha value is -1.08. The van der Waals surface area contributed by atoms with Gasteiger partial charge >= 0.3 is 6.09 Å². The second kappa shape index (κ2) is 7.08. The maximum absolute atomic E-state index is 11.4. The van der Waals surface area contributed by atoms with E-state index in [1.807, 2.05) is 0 Å². The largest absolute Gasteiger partial charge is 0.444 e. The van der Waals surface area contributed by atoms with Gasteiger partial charge in [-0.1, -0.05) is 46.6 Å². The second-order valence-corrected chi connectivity index (χ2v) is 6.13. The van der Waals surface area contributed by atoms with Crippen molar-refractivity contribution in [1.82, 2.24) is 5.32 Å². The second-order valence-electron chi connectivity index (χ2n) is 4.91. The highest BCUT2D eigenvalue weighted by molar-refractivity contribution is 6.43. The van der Waals surface area contributed by atoms with E-state index in [1.54, 1.807) is 26.8 Å². The Morgan fingerprint density at radius 1 is 1.30 bits per heavy atom. The lowest BCUT2D eigenvalue weighted by Gasteiger charge is -2.19. The number of nitrogens with one attached hydrogen (secondary N) is 1. The molecule has 0 radical (unpaired) electrons. The first-order valence-electron chi connectivity index (χ1n) is 5.79. The van der Waals surface area contributed by atoms with Crippen LogP contribution in [0.2, 0.25) is 15.1 Å². The quantitative estimate of drug-likeness (QED) is 0.605. The molecule has 3 nitrogen and oxygen atoms in total. The molecular formula is C14H14Cl3NO2. The predicted molar refractivity (Wildman–Crippen MR) is 82.6 cm³/mol. The first kappa shape index (κ1) is 17.0. The van der Waals surface area contributed by atoms with Gasteiger partial charge in [0.2, 0.25) is 0 Å². The molecular weight excluding hydrogens is 321 g/mol. The van der Waals surface area contributed by atoms with Crippen LogP contribution in [0.25, 0.3) is 0 Å². The first-order valence-corrected chi connectivity index (χ1v) is 6.93. The number of amides is 1. The Balaban J connectivity index is 2.62. The van der Waals surface area contributed by atoms with Crippen LogP contribution in [0.5, 0.6) is 0 Å². The van der Waals surface area contributed by atoms with Gasteiger partial charge in [0, 0.05) is 10.6 Å². The molecule has 1 N–H and O–H groups in total. The van der Waals surface area contributed by atoms with Gasteiger partial charge in [-0.15, -0.1) is 0 Å². The van der Waals surface area contributed by atoms with E-state index in [-0.39, 0.29) is 6.54 Å². The lowest BCUT2D eigenvalue weighted by molar-refractivity contribution is 0.0535. The molecule has 108 valence electrons. The standard InChI is InChI=1S/C14H14Cl3NO2/c1-14(2,3)20-13(19)18-6-4-5-9-7-10(15)8-11(16)12(9)17/h7-8H,6H2,1-3H3,(H,18,19). The molecule has 0 saturated carbocycles. The molecule has 0 aromatic heterocycles. The molecule has 1 rings (SSSR count). The summed E-state index contributed by atoms with van der Waals surface area (Å²) in [6.45, 7) is 5.49. The van der Waals surface area contributed by atoms with E-state index in [1.165, 1.54) is 6.07 Å². The number of ether oxygens (including phenoxy) is 1. The molecule has 0 aliphatic carbocycles. The van der Waals surface area contributed by atoms with E-state index >= 15 is 0 Å². The average Bonchev–Trinajstić information content (AvgIpc) is 2.28. The van der Waals surface area contributed by atoms with Gasteiger partial charge in [0.25, 0.3) is 0 Å². The summed E-state index contributed by atoms with van der Waals surface area (Å²) in [6.07, 6.45) is -0.526. The smallest absolute Gasteiger partial charge is 0.408 e. The van der Waals surface area contributed by atoms with E-state index in [4.69, 9.17) is 39.5 Å². The number of carbonyl (C=O) groups is 1. The number of rotatable bonds is 1. The van der Waals surface area contributed by atoms with Crippen LogP contribution in [0, 0.1) is 11.8 Å². The molecule has 0 saturated heterocycles. The summed E-state index contributed by atoms with van der Waals surface area (Å²) in [7, 11) is 0. The fraction of sp³-hybridized carbons (Fsp3) is 0.357. The van der Waals surface area contributed by atoms with E-state index in [0.717, 1.165) is 0 Å². The van der Waals surface area contributed by atoms with Crippen molar-refractivity contribution in [3.8, 4) is 11.8 Å². The molecule has 0 aliphatic heterocycles. The monoisotopic (exact) mass is 333 g/mol. The number of benzene rings is 1. The van der Waals surface area contributed by atoms with Crippen molar-refractivity contribution in [2.45, 2.75) is 26.4 Å². The van der Waals surface area contributed by atoms with Crippen LogP contribution < -0.4 is 5.32 Å².